The molecule has 0 aliphatic carbocycles. The molecule has 0 amide bonds. The van der Waals surface area contributed by atoms with Gasteiger partial charge >= 0.3 is 5.97 Å². The fourth-order valence-corrected chi connectivity index (χ4v) is 4.12. The minimum Gasteiger partial charge on any atom is -0.462 e. The molecule has 1 aromatic carbocycles. The van der Waals surface area contributed by atoms with Crippen molar-refractivity contribution in [3.05, 3.63) is 59.0 Å². The fraction of sp³-hybridized carbons (Fsp3) is 0.158. The number of thioether (sulfide) groups is 1. The molecule has 0 atom stereocenters. The molecule has 0 fully saturated rings. The maximum Gasteiger partial charge on any atom is 0.340 e. The number of nitrogens with zero attached hydrogens (tertiary/aromatic N) is 4. The van der Waals surface area contributed by atoms with Crippen molar-refractivity contribution in [3.8, 4) is 10.7 Å². The highest BCUT2D eigenvalue weighted by Crippen LogP contribution is 2.30. The predicted molar refractivity (Wildman–Crippen MR) is 108 cm³/mol. The van der Waals surface area contributed by atoms with E-state index in [1.165, 1.54) is 11.8 Å². The van der Waals surface area contributed by atoms with E-state index in [0.717, 1.165) is 10.4 Å². The van der Waals surface area contributed by atoms with Crippen LogP contribution in [0.3, 0.4) is 0 Å². The van der Waals surface area contributed by atoms with E-state index in [1.807, 2.05) is 53.9 Å². The molecule has 136 valence electrons. The Morgan fingerprint density at radius 2 is 2.07 bits per heavy atom. The van der Waals surface area contributed by atoms with Crippen molar-refractivity contribution in [2.24, 2.45) is 5.10 Å². The number of carbonyl (C=O) groups is 1. The molecule has 6 nitrogen and oxygen atoms in total. The van der Waals surface area contributed by atoms with Gasteiger partial charge in [-0.3, -0.25) is 0 Å². The van der Waals surface area contributed by atoms with Gasteiger partial charge in [0.25, 0.3) is 0 Å². The maximum absolute atomic E-state index is 12.6. The van der Waals surface area contributed by atoms with E-state index in [2.05, 4.69) is 15.3 Å². The average molecular weight is 396 g/mol. The Labute approximate surface area is 164 Å². The third-order valence-electron chi connectivity index (χ3n) is 3.83. The molecule has 0 radical (unpaired) electrons. The van der Waals surface area contributed by atoms with Crippen molar-refractivity contribution in [2.45, 2.75) is 12.1 Å². The van der Waals surface area contributed by atoms with E-state index in [4.69, 9.17) is 4.74 Å². The SMILES string of the molecule is CCOC(=O)/C(=C\c1ccccc1)C1=Nn2c(nnc2-c2cccs2)SC1. The first kappa shape index (κ1) is 17.7. The molecular weight excluding hydrogens is 380 g/mol. The summed E-state index contributed by atoms with van der Waals surface area (Å²) in [4.78, 5) is 13.6. The Morgan fingerprint density at radius 3 is 2.81 bits per heavy atom. The lowest BCUT2D eigenvalue weighted by Gasteiger charge is -2.15. The van der Waals surface area contributed by atoms with E-state index in [0.29, 0.717) is 34.6 Å². The van der Waals surface area contributed by atoms with Crippen LogP contribution in [0, 0.1) is 0 Å². The summed E-state index contributed by atoms with van der Waals surface area (Å²) in [6.45, 7) is 2.10. The first-order valence-electron chi connectivity index (χ1n) is 8.40. The Kier molecular flexibility index (Phi) is 5.17. The number of carbonyl (C=O) groups excluding carboxylic acids is 1. The largest absolute Gasteiger partial charge is 0.462 e. The summed E-state index contributed by atoms with van der Waals surface area (Å²) < 4.78 is 6.97. The highest BCUT2D eigenvalue weighted by molar-refractivity contribution is 7.99. The summed E-state index contributed by atoms with van der Waals surface area (Å²) in [6, 6.07) is 13.6. The molecule has 3 heterocycles. The van der Waals surface area contributed by atoms with Gasteiger partial charge in [-0.05, 0) is 30.0 Å². The van der Waals surface area contributed by atoms with Gasteiger partial charge in [0.2, 0.25) is 5.16 Å². The Hall–Kier alpha value is -2.71. The van der Waals surface area contributed by atoms with E-state index < -0.39 is 0 Å². The average Bonchev–Trinajstić information content (AvgIpc) is 3.36. The van der Waals surface area contributed by atoms with Gasteiger partial charge in [0.1, 0.15) is 0 Å². The van der Waals surface area contributed by atoms with Gasteiger partial charge in [-0.1, -0.05) is 48.2 Å². The highest BCUT2D eigenvalue weighted by Gasteiger charge is 2.25. The standard InChI is InChI=1S/C19H16N4O2S2/c1-2-25-18(24)14(11-13-7-4-3-5-8-13)15-12-27-19-21-20-17(23(19)22-15)16-9-6-10-26-16/h3-11H,2,12H2,1H3/b14-11-. The van der Waals surface area contributed by atoms with Crippen LogP contribution in [0.4, 0.5) is 0 Å². The lowest BCUT2D eigenvalue weighted by atomic mass is 10.1. The fourth-order valence-electron chi connectivity index (χ4n) is 2.60. The number of hydrogen-bond donors (Lipinski definition) is 0. The normalized spacial score (nSPS) is 13.8. The molecule has 0 unspecified atom stereocenters. The van der Waals surface area contributed by atoms with Crippen LogP contribution < -0.4 is 0 Å². The lowest BCUT2D eigenvalue weighted by molar-refractivity contribution is -0.137. The zero-order valence-electron chi connectivity index (χ0n) is 14.5. The van der Waals surface area contributed by atoms with Crippen molar-refractivity contribution < 1.29 is 9.53 Å². The smallest absolute Gasteiger partial charge is 0.340 e. The van der Waals surface area contributed by atoms with Crippen LogP contribution in [0.1, 0.15) is 12.5 Å². The van der Waals surface area contributed by atoms with E-state index in [1.54, 1.807) is 22.9 Å². The summed E-state index contributed by atoms with van der Waals surface area (Å²) in [5.41, 5.74) is 2.01. The first-order valence-corrected chi connectivity index (χ1v) is 10.3. The molecule has 0 saturated carbocycles. The van der Waals surface area contributed by atoms with Crippen LogP contribution in [0.25, 0.3) is 16.8 Å². The minimum absolute atomic E-state index is 0.309. The van der Waals surface area contributed by atoms with Gasteiger partial charge in [0, 0.05) is 5.75 Å². The van der Waals surface area contributed by atoms with Crippen LogP contribution in [-0.4, -0.2) is 38.9 Å². The van der Waals surface area contributed by atoms with Crippen LogP contribution in [0.15, 0.2) is 63.7 Å². The number of aromatic nitrogens is 3. The second-order valence-electron chi connectivity index (χ2n) is 5.62. The third-order valence-corrected chi connectivity index (χ3v) is 5.63. The molecule has 27 heavy (non-hydrogen) atoms. The highest BCUT2D eigenvalue weighted by atomic mass is 32.2. The van der Waals surface area contributed by atoms with Gasteiger partial charge in [-0.2, -0.15) is 9.78 Å². The first-order chi connectivity index (χ1) is 13.3. The molecule has 0 spiro atoms. The van der Waals surface area contributed by atoms with E-state index in [9.17, 15) is 4.79 Å². The van der Waals surface area contributed by atoms with Gasteiger partial charge < -0.3 is 4.74 Å². The molecule has 0 N–H and O–H groups in total. The maximum atomic E-state index is 12.6. The zero-order chi connectivity index (χ0) is 18.6. The number of esters is 1. The van der Waals surface area contributed by atoms with Gasteiger partial charge in [-0.25, -0.2) is 4.79 Å². The number of benzene rings is 1. The molecule has 0 saturated heterocycles. The number of ether oxygens (including phenoxy) is 1. The Balaban J connectivity index is 1.78. The van der Waals surface area contributed by atoms with Crippen LogP contribution in [0.2, 0.25) is 0 Å². The molecule has 3 aromatic rings. The number of rotatable bonds is 5. The second kappa shape index (κ2) is 7.89. The van der Waals surface area contributed by atoms with Crippen molar-refractivity contribution >= 4 is 40.9 Å². The lowest BCUT2D eigenvalue weighted by Crippen LogP contribution is -2.21. The topological polar surface area (TPSA) is 69.4 Å². The minimum atomic E-state index is -0.380. The molecular formula is C19H16N4O2S2. The molecule has 2 aromatic heterocycles. The van der Waals surface area contributed by atoms with Crippen molar-refractivity contribution in [2.75, 3.05) is 12.4 Å². The molecule has 4 rings (SSSR count). The van der Waals surface area contributed by atoms with Crippen LogP contribution in [-0.2, 0) is 9.53 Å². The monoisotopic (exact) mass is 396 g/mol. The quantitative estimate of drug-likeness (QED) is 0.482. The summed E-state index contributed by atoms with van der Waals surface area (Å²) in [7, 11) is 0. The summed E-state index contributed by atoms with van der Waals surface area (Å²) >= 11 is 3.08. The van der Waals surface area contributed by atoms with Crippen molar-refractivity contribution in [3.63, 3.8) is 0 Å². The van der Waals surface area contributed by atoms with Crippen LogP contribution >= 0.6 is 23.1 Å². The van der Waals surface area contributed by atoms with Crippen molar-refractivity contribution in [1.29, 1.82) is 0 Å². The molecule has 1 aliphatic rings. The number of hydrogen-bond acceptors (Lipinski definition) is 7. The Bertz CT molecular complexity index is 1010. The predicted octanol–water partition coefficient (Wildman–Crippen LogP) is 3.96. The van der Waals surface area contributed by atoms with Gasteiger partial charge in [-0.15, -0.1) is 21.5 Å². The third kappa shape index (κ3) is 3.72. The molecule has 1 aliphatic heterocycles. The zero-order valence-corrected chi connectivity index (χ0v) is 16.2. The number of fused-ring (bicyclic) bond motifs is 1. The van der Waals surface area contributed by atoms with Gasteiger partial charge in [0.15, 0.2) is 5.82 Å². The summed E-state index contributed by atoms with van der Waals surface area (Å²) in [5.74, 6) is 0.822. The summed E-state index contributed by atoms with van der Waals surface area (Å²) in [6.07, 6.45) is 1.82. The van der Waals surface area contributed by atoms with Crippen LogP contribution in [0.5, 0.6) is 0 Å². The van der Waals surface area contributed by atoms with E-state index in [-0.39, 0.29) is 5.97 Å². The Morgan fingerprint density at radius 1 is 1.22 bits per heavy atom. The number of thiophene rings is 1. The summed E-state index contributed by atoms with van der Waals surface area (Å²) in [5, 5.41) is 15.9. The van der Waals surface area contributed by atoms with E-state index >= 15 is 0 Å². The molecule has 8 heteroatoms. The second-order valence-corrected chi connectivity index (χ2v) is 7.51. The van der Waals surface area contributed by atoms with Crippen molar-refractivity contribution in [1.82, 2.24) is 14.9 Å². The van der Waals surface area contributed by atoms with Gasteiger partial charge in [0.05, 0.1) is 22.8 Å². The molecule has 0 bridgehead atoms.